The standard InChI is InChI=1S/C11H17F3N4S.HI/c1-3-15-10(16-4-2)17-6-5-9-18-8(7-19-9)11(12,13)14;/h7H,3-6H2,1-2H3,(H2,15,16,17);1H. The molecule has 0 fully saturated rings. The van der Waals surface area contributed by atoms with E-state index in [1.165, 1.54) is 0 Å². The molecule has 0 radical (unpaired) electrons. The fourth-order valence-corrected chi connectivity index (χ4v) is 2.12. The molecule has 0 aliphatic heterocycles. The third-order valence-electron chi connectivity index (χ3n) is 2.13. The summed E-state index contributed by atoms with van der Waals surface area (Å²) in [6, 6.07) is 0. The van der Waals surface area contributed by atoms with Crippen LogP contribution in [0.1, 0.15) is 24.5 Å². The summed E-state index contributed by atoms with van der Waals surface area (Å²) in [5.74, 6) is 0.664. The summed E-state index contributed by atoms with van der Waals surface area (Å²) in [6.07, 6.45) is -3.96. The zero-order valence-corrected chi connectivity index (χ0v) is 14.4. The van der Waals surface area contributed by atoms with E-state index in [4.69, 9.17) is 0 Å². The van der Waals surface area contributed by atoms with Crippen LogP contribution in [0.4, 0.5) is 13.2 Å². The SMILES string of the molecule is CCNC(=NCCc1nc(C(F)(F)F)cs1)NCC.I. The lowest BCUT2D eigenvalue weighted by molar-refractivity contribution is -0.140. The van der Waals surface area contributed by atoms with E-state index < -0.39 is 11.9 Å². The van der Waals surface area contributed by atoms with Gasteiger partial charge in [0.25, 0.3) is 0 Å². The topological polar surface area (TPSA) is 49.3 Å². The Morgan fingerprint density at radius 3 is 2.35 bits per heavy atom. The van der Waals surface area contributed by atoms with Crippen LogP contribution in [0.2, 0.25) is 0 Å². The number of nitrogens with zero attached hydrogens (tertiary/aromatic N) is 2. The Bertz CT molecular complexity index is 412. The van der Waals surface area contributed by atoms with Crippen LogP contribution < -0.4 is 10.6 Å². The summed E-state index contributed by atoms with van der Waals surface area (Å²) < 4.78 is 37.0. The molecule has 0 aliphatic rings. The van der Waals surface area contributed by atoms with Crippen molar-refractivity contribution in [3.05, 3.63) is 16.1 Å². The Morgan fingerprint density at radius 2 is 1.90 bits per heavy atom. The molecule has 1 heterocycles. The van der Waals surface area contributed by atoms with Gasteiger partial charge in [0.2, 0.25) is 0 Å². The number of halogens is 4. The van der Waals surface area contributed by atoms with Gasteiger partial charge in [0, 0.05) is 31.4 Å². The van der Waals surface area contributed by atoms with Gasteiger partial charge in [-0.15, -0.1) is 35.3 Å². The predicted octanol–water partition coefficient (Wildman–Crippen LogP) is 2.90. The van der Waals surface area contributed by atoms with Crippen LogP contribution in [-0.2, 0) is 12.6 Å². The number of hydrogen-bond donors (Lipinski definition) is 2. The Balaban J connectivity index is 0.00000361. The van der Waals surface area contributed by atoms with E-state index in [0.717, 1.165) is 29.8 Å². The monoisotopic (exact) mass is 422 g/mol. The van der Waals surface area contributed by atoms with Gasteiger partial charge in [-0.05, 0) is 13.8 Å². The summed E-state index contributed by atoms with van der Waals surface area (Å²) in [5.41, 5.74) is -0.824. The highest BCUT2D eigenvalue weighted by Crippen LogP contribution is 2.30. The first-order valence-electron chi connectivity index (χ1n) is 6.01. The van der Waals surface area contributed by atoms with Crippen LogP contribution in [-0.4, -0.2) is 30.6 Å². The van der Waals surface area contributed by atoms with Gasteiger partial charge in [0.05, 0.1) is 5.01 Å². The molecular formula is C11H18F3IN4S. The molecule has 2 N–H and O–H groups in total. The van der Waals surface area contributed by atoms with Gasteiger partial charge >= 0.3 is 6.18 Å². The fourth-order valence-electron chi connectivity index (χ4n) is 1.33. The smallest absolute Gasteiger partial charge is 0.357 e. The Labute approximate surface area is 137 Å². The molecule has 9 heteroatoms. The van der Waals surface area contributed by atoms with E-state index in [-0.39, 0.29) is 24.0 Å². The maximum absolute atomic E-state index is 12.3. The molecule has 1 aromatic heterocycles. The highest BCUT2D eigenvalue weighted by molar-refractivity contribution is 14.0. The first-order valence-corrected chi connectivity index (χ1v) is 6.89. The van der Waals surface area contributed by atoms with Crippen LogP contribution >= 0.6 is 35.3 Å². The quantitative estimate of drug-likeness (QED) is 0.436. The van der Waals surface area contributed by atoms with Crippen LogP contribution in [0.15, 0.2) is 10.4 Å². The van der Waals surface area contributed by atoms with E-state index in [2.05, 4.69) is 20.6 Å². The molecule has 0 bridgehead atoms. The zero-order valence-electron chi connectivity index (χ0n) is 11.3. The van der Waals surface area contributed by atoms with Crippen LogP contribution in [0.25, 0.3) is 0 Å². The van der Waals surface area contributed by atoms with Crippen molar-refractivity contribution >= 4 is 41.3 Å². The average Bonchev–Trinajstić information content (AvgIpc) is 2.78. The molecule has 20 heavy (non-hydrogen) atoms. The number of rotatable bonds is 5. The van der Waals surface area contributed by atoms with Gasteiger partial charge in [-0.1, -0.05) is 0 Å². The van der Waals surface area contributed by atoms with Crippen LogP contribution in [0, 0.1) is 0 Å². The van der Waals surface area contributed by atoms with E-state index in [1.54, 1.807) is 0 Å². The van der Waals surface area contributed by atoms with E-state index in [1.807, 2.05) is 13.8 Å². The summed E-state index contributed by atoms with van der Waals surface area (Å²) >= 11 is 1.01. The summed E-state index contributed by atoms with van der Waals surface area (Å²) in [6.45, 7) is 5.77. The van der Waals surface area contributed by atoms with Crippen LogP contribution in [0.3, 0.4) is 0 Å². The minimum atomic E-state index is -4.36. The first-order chi connectivity index (χ1) is 8.97. The minimum Gasteiger partial charge on any atom is -0.357 e. The number of aromatic nitrogens is 1. The number of guanidine groups is 1. The van der Waals surface area contributed by atoms with E-state index in [0.29, 0.717) is 23.9 Å². The molecule has 1 aromatic rings. The molecule has 0 saturated carbocycles. The van der Waals surface area contributed by atoms with Crippen molar-refractivity contribution in [1.82, 2.24) is 15.6 Å². The van der Waals surface area contributed by atoms with Gasteiger partial charge in [-0.25, -0.2) is 4.98 Å². The molecule has 0 atom stereocenters. The van der Waals surface area contributed by atoms with Crippen molar-refractivity contribution in [2.45, 2.75) is 26.4 Å². The predicted molar refractivity (Wildman–Crippen MR) is 85.9 cm³/mol. The third-order valence-corrected chi connectivity index (χ3v) is 3.03. The Kier molecular flexibility index (Phi) is 9.10. The second-order valence-electron chi connectivity index (χ2n) is 3.67. The Hall–Kier alpha value is -0.580. The lowest BCUT2D eigenvalue weighted by Gasteiger charge is -2.08. The number of hydrogen-bond acceptors (Lipinski definition) is 3. The van der Waals surface area contributed by atoms with Gasteiger partial charge in [0.15, 0.2) is 11.7 Å². The van der Waals surface area contributed by atoms with Crippen molar-refractivity contribution in [2.75, 3.05) is 19.6 Å². The third kappa shape index (κ3) is 6.73. The maximum atomic E-state index is 12.3. The zero-order chi connectivity index (χ0) is 14.3. The largest absolute Gasteiger partial charge is 0.434 e. The number of aliphatic imine (C=N–C) groups is 1. The normalized spacial score (nSPS) is 10.7. The number of alkyl halides is 3. The molecule has 1 rings (SSSR count). The van der Waals surface area contributed by atoms with Crippen LogP contribution in [0.5, 0.6) is 0 Å². The Morgan fingerprint density at radius 1 is 1.30 bits per heavy atom. The second kappa shape index (κ2) is 9.37. The van der Waals surface area contributed by atoms with Gasteiger partial charge in [-0.2, -0.15) is 13.2 Å². The highest BCUT2D eigenvalue weighted by atomic mass is 127. The highest BCUT2D eigenvalue weighted by Gasteiger charge is 2.33. The number of nitrogens with one attached hydrogen (secondary N) is 2. The average molecular weight is 422 g/mol. The summed E-state index contributed by atoms with van der Waals surface area (Å²) in [7, 11) is 0. The summed E-state index contributed by atoms with van der Waals surface area (Å²) in [4.78, 5) is 7.80. The van der Waals surface area contributed by atoms with Gasteiger partial charge in [-0.3, -0.25) is 4.99 Å². The molecular weight excluding hydrogens is 404 g/mol. The van der Waals surface area contributed by atoms with Crippen molar-refractivity contribution in [2.24, 2.45) is 4.99 Å². The molecule has 116 valence electrons. The lowest BCUT2D eigenvalue weighted by atomic mass is 10.4. The van der Waals surface area contributed by atoms with E-state index in [9.17, 15) is 13.2 Å². The fraction of sp³-hybridized carbons (Fsp3) is 0.636. The first kappa shape index (κ1) is 19.4. The summed E-state index contributed by atoms with van der Waals surface area (Å²) in [5, 5.41) is 7.57. The number of thiazole rings is 1. The molecule has 0 aromatic carbocycles. The van der Waals surface area contributed by atoms with Crippen molar-refractivity contribution < 1.29 is 13.2 Å². The molecule has 4 nitrogen and oxygen atoms in total. The lowest BCUT2D eigenvalue weighted by Crippen LogP contribution is -2.37. The molecule has 0 spiro atoms. The molecule has 0 aliphatic carbocycles. The molecule has 0 saturated heterocycles. The maximum Gasteiger partial charge on any atom is 0.434 e. The molecule has 0 unspecified atom stereocenters. The van der Waals surface area contributed by atoms with Crippen molar-refractivity contribution in [3.8, 4) is 0 Å². The minimum absolute atomic E-state index is 0. The van der Waals surface area contributed by atoms with Crippen molar-refractivity contribution in [3.63, 3.8) is 0 Å². The van der Waals surface area contributed by atoms with Gasteiger partial charge < -0.3 is 10.6 Å². The molecule has 0 amide bonds. The van der Waals surface area contributed by atoms with E-state index >= 15 is 0 Å². The second-order valence-corrected chi connectivity index (χ2v) is 4.61. The van der Waals surface area contributed by atoms with Gasteiger partial charge in [0.1, 0.15) is 0 Å². The van der Waals surface area contributed by atoms with Crippen molar-refractivity contribution in [1.29, 1.82) is 0 Å².